The second-order valence-electron chi connectivity index (χ2n) is 8.46. The number of hydrogen-bond donors (Lipinski definition) is 1. The van der Waals surface area contributed by atoms with E-state index in [1.165, 1.54) is 23.7 Å². The van der Waals surface area contributed by atoms with E-state index in [9.17, 15) is 9.90 Å². The number of anilines is 1. The highest BCUT2D eigenvalue weighted by atomic mass is 35.5. The molecule has 4 aromatic rings. The Bertz CT molecular complexity index is 1470. The third kappa shape index (κ3) is 2.96. The monoisotopic (exact) mass is 479 g/mol. The molecule has 3 heterocycles. The molecular formula is C25H19ClFN3O2S. The summed E-state index contributed by atoms with van der Waals surface area (Å²) in [6, 6.07) is 12.8. The maximum absolute atomic E-state index is 15.9. The van der Waals surface area contributed by atoms with Crippen molar-refractivity contribution in [2.24, 2.45) is 0 Å². The van der Waals surface area contributed by atoms with Crippen LogP contribution in [-0.4, -0.2) is 45.5 Å². The molecule has 1 amide bonds. The van der Waals surface area contributed by atoms with Crippen LogP contribution in [0.5, 0.6) is 5.75 Å². The quantitative estimate of drug-likeness (QED) is 0.389. The van der Waals surface area contributed by atoms with Crippen molar-refractivity contribution < 1.29 is 14.3 Å². The van der Waals surface area contributed by atoms with E-state index in [1.807, 2.05) is 29.2 Å². The van der Waals surface area contributed by atoms with Crippen LogP contribution in [0.4, 0.5) is 9.39 Å². The van der Waals surface area contributed by atoms with Crippen LogP contribution in [0.1, 0.15) is 6.42 Å². The van der Waals surface area contributed by atoms with Gasteiger partial charge < -0.3 is 14.9 Å². The summed E-state index contributed by atoms with van der Waals surface area (Å²) < 4.78 is 20.3. The van der Waals surface area contributed by atoms with Gasteiger partial charge in [-0.15, -0.1) is 0 Å². The van der Waals surface area contributed by atoms with Gasteiger partial charge in [0.1, 0.15) is 16.3 Å². The molecule has 0 radical (unpaired) electrons. The van der Waals surface area contributed by atoms with Crippen LogP contribution < -0.4 is 4.90 Å². The first-order valence-corrected chi connectivity index (χ1v) is 11.8. The van der Waals surface area contributed by atoms with E-state index >= 15 is 4.39 Å². The molecule has 3 aromatic carbocycles. The molecule has 0 unspecified atom stereocenters. The molecule has 0 bridgehead atoms. The number of rotatable bonds is 3. The van der Waals surface area contributed by atoms with Crippen molar-refractivity contribution >= 4 is 55.7 Å². The maximum Gasteiger partial charge on any atom is 0.246 e. The van der Waals surface area contributed by atoms with Gasteiger partial charge in [0, 0.05) is 24.0 Å². The van der Waals surface area contributed by atoms with Crippen LogP contribution in [-0.2, 0) is 4.79 Å². The molecule has 2 atom stereocenters. The third-order valence-electron chi connectivity index (χ3n) is 6.78. The van der Waals surface area contributed by atoms with Gasteiger partial charge in [0.05, 0.1) is 17.1 Å². The lowest BCUT2D eigenvalue weighted by Crippen LogP contribution is -2.63. The number of phenolic OH excluding ortho intramolecular Hbond substituents is 1. The number of benzene rings is 3. The van der Waals surface area contributed by atoms with E-state index in [0.717, 1.165) is 28.7 Å². The Morgan fingerprint density at radius 3 is 2.88 bits per heavy atom. The van der Waals surface area contributed by atoms with Crippen LogP contribution in [0.25, 0.3) is 32.8 Å². The lowest BCUT2D eigenvalue weighted by Gasteiger charge is -2.46. The van der Waals surface area contributed by atoms with E-state index in [1.54, 1.807) is 12.1 Å². The highest BCUT2D eigenvalue weighted by molar-refractivity contribution is 7.11. The minimum absolute atomic E-state index is 0.0462. The molecule has 2 aliphatic rings. The summed E-state index contributed by atoms with van der Waals surface area (Å²) in [5.41, 5.74) is 1.03. The first kappa shape index (κ1) is 20.4. The van der Waals surface area contributed by atoms with Crippen LogP contribution in [0.2, 0.25) is 5.02 Å². The molecule has 5 nitrogen and oxygen atoms in total. The molecule has 2 aliphatic heterocycles. The summed E-state index contributed by atoms with van der Waals surface area (Å²) in [7, 11) is 0. The summed E-state index contributed by atoms with van der Waals surface area (Å²) in [5, 5.41) is 13.6. The van der Waals surface area contributed by atoms with E-state index < -0.39 is 5.82 Å². The van der Waals surface area contributed by atoms with Gasteiger partial charge in [-0.25, -0.2) is 4.39 Å². The van der Waals surface area contributed by atoms with Crippen LogP contribution in [0, 0.1) is 5.82 Å². The molecule has 166 valence electrons. The van der Waals surface area contributed by atoms with E-state index in [4.69, 9.17) is 11.6 Å². The lowest BCUT2D eigenvalue weighted by atomic mass is 9.96. The Labute approximate surface area is 198 Å². The first-order valence-electron chi connectivity index (χ1n) is 10.7. The standard InChI is InChI=1S/C25H19ClFN3O2S/c1-2-21(32)30-12-20-19(30)7-8-29(20)25-17-11-18(26)22(23(27)24(17)28-33-25)16-10-14(31)9-13-5-3-4-6-15(13)16/h2-6,9-11,19-20,31H,1,7-8,12H2/t19-,20-/m1/s1. The van der Waals surface area contributed by atoms with Gasteiger partial charge in [0.15, 0.2) is 5.82 Å². The minimum Gasteiger partial charge on any atom is -0.508 e. The zero-order valence-electron chi connectivity index (χ0n) is 17.5. The van der Waals surface area contributed by atoms with Crippen LogP contribution >= 0.6 is 23.1 Å². The van der Waals surface area contributed by atoms with Gasteiger partial charge in [-0.2, -0.15) is 4.37 Å². The molecule has 2 saturated heterocycles. The summed E-state index contributed by atoms with van der Waals surface area (Å²) in [6.45, 7) is 4.97. The van der Waals surface area contributed by atoms with Gasteiger partial charge in [-0.3, -0.25) is 4.79 Å². The Hall–Kier alpha value is -3.16. The number of amides is 1. The summed E-state index contributed by atoms with van der Waals surface area (Å²) in [6.07, 6.45) is 2.20. The lowest BCUT2D eigenvalue weighted by molar-refractivity contribution is -0.133. The molecule has 33 heavy (non-hydrogen) atoms. The van der Waals surface area contributed by atoms with Gasteiger partial charge in [0.2, 0.25) is 5.91 Å². The van der Waals surface area contributed by atoms with Gasteiger partial charge >= 0.3 is 0 Å². The number of aromatic hydroxyl groups is 1. The Morgan fingerprint density at radius 2 is 2.06 bits per heavy atom. The Balaban J connectivity index is 1.45. The topological polar surface area (TPSA) is 56.7 Å². The molecule has 0 spiro atoms. The summed E-state index contributed by atoms with van der Waals surface area (Å²) >= 11 is 7.92. The van der Waals surface area contributed by atoms with Crippen molar-refractivity contribution in [3.05, 3.63) is 66.0 Å². The van der Waals surface area contributed by atoms with E-state index in [-0.39, 0.29) is 39.8 Å². The first-order chi connectivity index (χ1) is 16.0. The molecule has 2 fully saturated rings. The molecule has 1 aromatic heterocycles. The second kappa shape index (κ2) is 7.43. The smallest absolute Gasteiger partial charge is 0.246 e. The molecule has 8 heteroatoms. The number of halogens is 2. The molecular weight excluding hydrogens is 461 g/mol. The predicted molar refractivity (Wildman–Crippen MR) is 131 cm³/mol. The SMILES string of the molecule is C=CC(=O)N1C[C@@H]2[C@H]1CCN2c1snc2c(F)c(-c3cc(O)cc4ccccc34)c(Cl)cc12. The number of fused-ring (bicyclic) bond motifs is 3. The number of hydrogen-bond acceptors (Lipinski definition) is 5. The van der Waals surface area contributed by atoms with Gasteiger partial charge in [-0.1, -0.05) is 42.4 Å². The molecule has 0 aliphatic carbocycles. The molecule has 6 rings (SSSR count). The highest BCUT2D eigenvalue weighted by Gasteiger charge is 2.49. The zero-order valence-corrected chi connectivity index (χ0v) is 19.0. The minimum atomic E-state index is -0.497. The number of nitrogens with zero attached hydrogens (tertiary/aromatic N) is 3. The summed E-state index contributed by atoms with van der Waals surface area (Å²) in [5.74, 6) is -0.502. The van der Waals surface area contributed by atoms with Crippen molar-refractivity contribution in [1.82, 2.24) is 9.27 Å². The van der Waals surface area contributed by atoms with Crippen LogP contribution in [0.15, 0.2) is 55.1 Å². The van der Waals surface area contributed by atoms with Crippen molar-refractivity contribution in [2.75, 3.05) is 18.0 Å². The number of likely N-dealkylation sites (tertiary alicyclic amines) is 1. The van der Waals surface area contributed by atoms with E-state index in [0.29, 0.717) is 17.5 Å². The zero-order chi connectivity index (χ0) is 22.9. The number of carbonyl (C=O) groups excluding carboxylic acids is 1. The summed E-state index contributed by atoms with van der Waals surface area (Å²) in [4.78, 5) is 16.1. The maximum atomic E-state index is 15.9. The third-order valence-corrected chi connectivity index (χ3v) is 7.97. The Kier molecular flexibility index (Phi) is 4.61. The second-order valence-corrected chi connectivity index (χ2v) is 9.62. The largest absolute Gasteiger partial charge is 0.508 e. The fraction of sp³-hybridized carbons (Fsp3) is 0.200. The predicted octanol–water partition coefficient (Wildman–Crippen LogP) is 5.59. The highest BCUT2D eigenvalue weighted by Crippen LogP contribution is 2.46. The van der Waals surface area contributed by atoms with Gasteiger partial charge in [-0.05, 0) is 58.6 Å². The van der Waals surface area contributed by atoms with Crippen molar-refractivity contribution in [1.29, 1.82) is 0 Å². The van der Waals surface area contributed by atoms with Crippen molar-refractivity contribution in [3.8, 4) is 16.9 Å². The van der Waals surface area contributed by atoms with E-state index in [2.05, 4.69) is 15.9 Å². The van der Waals surface area contributed by atoms with Crippen molar-refractivity contribution in [3.63, 3.8) is 0 Å². The average Bonchev–Trinajstić information content (AvgIpc) is 3.34. The van der Waals surface area contributed by atoms with Gasteiger partial charge in [0.25, 0.3) is 0 Å². The number of carbonyl (C=O) groups is 1. The number of phenols is 1. The van der Waals surface area contributed by atoms with Crippen molar-refractivity contribution in [2.45, 2.75) is 18.5 Å². The average molecular weight is 480 g/mol. The van der Waals surface area contributed by atoms with Crippen LogP contribution in [0.3, 0.4) is 0 Å². The molecule has 1 N–H and O–H groups in total. The number of aromatic nitrogens is 1. The fourth-order valence-corrected chi connectivity index (χ4v) is 6.43. The normalized spacial score (nSPS) is 19.7. The fourth-order valence-electron chi connectivity index (χ4n) is 5.20. The molecule has 0 saturated carbocycles. The Morgan fingerprint density at radius 1 is 1.24 bits per heavy atom.